The topological polar surface area (TPSA) is 39.7 Å². The van der Waals surface area contributed by atoms with Gasteiger partial charge in [0.05, 0.1) is 21.3 Å². The summed E-state index contributed by atoms with van der Waals surface area (Å²) in [5.41, 5.74) is 1.14. The average Bonchev–Trinajstić information content (AvgIpc) is 2.45. The Morgan fingerprint density at radius 1 is 1.10 bits per heavy atom. The van der Waals surface area contributed by atoms with Gasteiger partial charge in [-0.05, 0) is 30.5 Å². The summed E-state index contributed by atoms with van der Waals surface area (Å²) in [5.74, 6) is 2.00. The molecule has 1 N–H and O–H groups in total. The van der Waals surface area contributed by atoms with Crippen molar-refractivity contribution in [3.63, 3.8) is 0 Å². The zero-order valence-corrected chi connectivity index (χ0v) is 13.7. The maximum Gasteiger partial charge on any atom is 0.203 e. The fourth-order valence-corrected chi connectivity index (χ4v) is 2.42. The minimum absolute atomic E-state index is 0.338. The molecule has 0 amide bonds. The predicted molar refractivity (Wildman–Crippen MR) is 86.7 cm³/mol. The van der Waals surface area contributed by atoms with Crippen LogP contribution in [0.4, 0.5) is 0 Å². The van der Waals surface area contributed by atoms with Crippen molar-refractivity contribution in [2.75, 3.05) is 21.3 Å². The van der Waals surface area contributed by atoms with E-state index in [9.17, 15) is 0 Å². The highest BCUT2D eigenvalue weighted by Gasteiger charge is 2.16. The molecule has 0 heterocycles. The third kappa shape index (κ3) is 4.97. The summed E-state index contributed by atoms with van der Waals surface area (Å²) in [6.45, 7) is 8.12. The van der Waals surface area contributed by atoms with Gasteiger partial charge in [0.15, 0.2) is 11.5 Å². The molecule has 0 radical (unpaired) electrons. The van der Waals surface area contributed by atoms with E-state index in [1.54, 1.807) is 21.3 Å². The molecule has 118 valence electrons. The number of hydrogen-bond donors (Lipinski definition) is 1. The molecule has 0 aliphatic heterocycles. The van der Waals surface area contributed by atoms with Gasteiger partial charge in [0.2, 0.25) is 5.75 Å². The molecule has 0 spiro atoms. The predicted octanol–water partition coefficient (Wildman–Crippen LogP) is 3.20. The summed E-state index contributed by atoms with van der Waals surface area (Å²) in [7, 11) is 4.88. The first-order valence-electron chi connectivity index (χ1n) is 7.21. The molecule has 4 heteroatoms. The molecule has 0 aliphatic rings. The second-order valence-corrected chi connectivity index (χ2v) is 5.28. The van der Waals surface area contributed by atoms with E-state index in [4.69, 9.17) is 14.2 Å². The number of rotatable bonds is 9. The molecule has 4 nitrogen and oxygen atoms in total. The first-order valence-corrected chi connectivity index (χ1v) is 7.21. The Labute approximate surface area is 128 Å². The van der Waals surface area contributed by atoms with Gasteiger partial charge in [0.25, 0.3) is 0 Å². The largest absolute Gasteiger partial charge is 0.493 e. The maximum atomic E-state index is 5.40. The van der Waals surface area contributed by atoms with Crippen molar-refractivity contribution < 1.29 is 14.2 Å². The highest BCUT2D eigenvalue weighted by Crippen LogP contribution is 2.38. The Kier molecular flexibility index (Phi) is 7.09. The Morgan fingerprint density at radius 3 is 2.05 bits per heavy atom. The molecule has 0 fully saturated rings. The average molecular weight is 293 g/mol. The lowest BCUT2D eigenvalue weighted by Crippen LogP contribution is -2.36. The van der Waals surface area contributed by atoms with Crippen LogP contribution in [0, 0.1) is 0 Å². The van der Waals surface area contributed by atoms with Gasteiger partial charge in [-0.3, -0.25) is 0 Å². The standard InChI is InChI=1S/C17H27NO3/c1-7-8-14(18-12(2)3)9-13-10-15(19-4)17(21-6)16(11-13)20-5/h7,10-12,14,18H,1,8-9H2,2-6H3/t14-/m1/s1. The first-order chi connectivity index (χ1) is 10.0. The van der Waals surface area contributed by atoms with Crippen molar-refractivity contribution in [3.05, 3.63) is 30.4 Å². The highest BCUT2D eigenvalue weighted by molar-refractivity contribution is 5.54. The molecule has 1 rings (SSSR count). The van der Waals surface area contributed by atoms with Crippen LogP contribution >= 0.6 is 0 Å². The third-order valence-corrected chi connectivity index (χ3v) is 3.23. The van der Waals surface area contributed by atoms with E-state index < -0.39 is 0 Å². The highest BCUT2D eigenvalue weighted by atomic mass is 16.5. The van der Waals surface area contributed by atoms with Gasteiger partial charge in [-0.2, -0.15) is 0 Å². The van der Waals surface area contributed by atoms with E-state index >= 15 is 0 Å². The molecular formula is C17H27NO3. The van der Waals surface area contributed by atoms with Gasteiger partial charge in [-0.15, -0.1) is 6.58 Å². The minimum Gasteiger partial charge on any atom is -0.493 e. The van der Waals surface area contributed by atoms with Crippen molar-refractivity contribution in [2.45, 2.75) is 38.8 Å². The number of ether oxygens (including phenoxy) is 3. The summed E-state index contributed by atoms with van der Waals surface area (Å²) in [6.07, 6.45) is 3.73. The van der Waals surface area contributed by atoms with Crippen LogP contribution < -0.4 is 19.5 Å². The number of hydrogen-bond acceptors (Lipinski definition) is 4. The van der Waals surface area contributed by atoms with Crippen molar-refractivity contribution in [3.8, 4) is 17.2 Å². The normalized spacial score (nSPS) is 12.1. The number of methoxy groups -OCH3 is 3. The minimum atomic E-state index is 0.338. The first kappa shape index (κ1) is 17.4. The van der Waals surface area contributed by atoms with Crippen LogP contribution in [-0.2, 0) is 6.42 Å². The van der Waals surface area contributed by atoms with E-state index in [1.807, 2.05) is 18.2 Å². The van der Waals surface area contributed by atoms with Crippen LogP contribution in [-0.4, -0.2) is 33.4 Å². The maximum absolute atomic E-state index is 5.40. The van der Waals surface area contributed by atoms with Crippen molar-refractivity contribution in [1.82, 2.24) is 5.32 Å². The van der Waals surface area contributed by atoms with Gasteiger partial charge in [-0.1, -0.05) is 19.9 Å². The summed E-state index contributed by atoms with van der Waals surface area (Å²) in [6, 6.07) is 4.76. The molecule has 0 unspecified atom stereocenters. The van der Waals surface area contributed by atoms with Crippen molar-refractivity contribution >= 4 is 0 Å². The van der Waals surface area contributed by atoms with Gasteiger partial charge < -0.3 is 19.5 Å². The molecule has 0 bridgehead atoms. The molecule has 1 aromatic carbocycles. The van der Waals surface area contributed by atoms with Crippen LogP contribution in [0.5, 0.6) is 17.2 Å². The van der Waals surface area contributed by atoms with Crippen molar-refractivity contribution in [1.29, 1.82) is 0 Å². The lowest BCUT2D eigenvalue weighted by molar-refractivity contribution is 0.323. The fraction of sp³-hybridized carbons (Fsp3) is 0.529. The molecule has 1 atom stereocenters. The molecule has 21 heavy (non-hydrogen) atoms. The van der Waals surface area contributed by atoms with Crippen LogP contribution in [0.25, 0.3) is 0 Å². The van der Waals surface area contributed by atoms with E-state index in [2.05, 4.69) is 25.7 Å². The molecular weight excluding hydrogens is 266 g/mol. The zero-order chi connectivity index (χ0) is 15.8. The zero-order valence-electron chi connectivity index (χ0n) is 13.7. The molecule has 0 saturated heterocycles. The van der Waals surface area contributed by atoms with Crippen LogP contribution in [0.15, 0.2) is 24.8 Å². The summed E-state index contributed by atoms with van der Waals surface area (Å²) < 4.78 is 16.1. The smallest absolute Gasteiger partial charge is 0.203 e. The quantitative estimate of drug-likeness (QED) is 0.710. The number of nitrogens with one attached hydrogen (secondary N) is 1. The fourth-order valence-electron chi connectivity index (χ4n) is 2.42. The second-order valence-electron chi connectivity index (χ2n) is 5.28. The van der Waals surface area contributed by atoms with Gasteiger partial charge in [-0.25, -0.2) is 0 Å². The molecule has 0 aliphatic carbocycles. The molecule has 1 aromatic rings. The van der Waals surface area contributed by atoms with E-state index in [1.165, 1.54) is 0 Å². The SMILES string of the molecule is C=CC[C@H](Cc1cc(OC)c(OC)c(OC)c1)NC(C)C. The third-order valence-electron chi connectivity index (χ3n) is 3.23. The second kappa shape index (κ2) is 8.57. The van der Waals surface area contributed by atoms with E-state index in [0.717, 1.165) is 18.4 Å². The Morgan fingerprint density at radius 2 is 1.67 bits per heavy atom. The Bertz CT molecular complexity index is 432. The Balaban J connectivity index is 3.03. The monoisotopic (exact) mass is 293 g/mol. The summed E-state index contributed by atoms with van der Waals surface area (Å²) in [5, 5.41) is 3.55. The lowest BCUT2D eigenvalue weighted by atomic mass is 10.0. The summed E-state index contributed by atoms with van der Waals surface area (Å²) >= 11 is 0. The lowest BCUT2D eigenvalue weighted by Gasteiger charge is -2.21. The van der Waals surface area contributed by atoms with Gasteiger partial charge in [0.1, 0.15) is 0 Å². The summed E-state index contributed by atoms with van der Waals surface area (Å²) in [4.78, 5) is 0. The van der Waals surface area contributed by atoms with E-state index in [0.29, 0.717) is 29.3 Å². The van der Waals surface area contributed by atoms with E-state index in [-0.39, 0.29) is 0 Å². The van der Waals surface area contributed by atoms with Crippen LogP contribution in [0.2, 0.25) is 0 Å². The molecule has 0 aromatic heterocycles. The van der Waals surface area contributed by atoms with Crippen molar-refractivity contribution in [2.24, 2.45) is 0 Å². The van der Waals surface area contributed by atoms with Crippen LogP contribution in [0.3, 0.4) is 0 Å². The Hall–Kier alpha value is -1.68. The number of benzene rings is 1. The van der Waals surface area contributed by atoms with Crippen LogP contribution in [0.1, 0.15) is 25.8 Å². The van der Waals surface area contributed by atoms with Gasteiger partial charge >= 0.3 is 0 Å². The molecule has 0 saturated carbocycles. The van der Waals surface area contributed by atoms with Gasteiger partial charge in [0, 0.05) is 12.1 Å².